The topological polar surface area (TPSA) is 61.5 Å². The molecule has 0 spiro atoms. The first kappa shape index (κ1) is 20.4. The van der Waals surface area contributed by atoms with Gasteiger partial charge < -0.3 is 14.6 Å². The zero-order valence-electron chi connectivity index (χ0n) is 18.2. The third-order valence-corrected chi connectivity index (χ3v) is 5.77. The predicted molar refractivity (Wildman–Crippen MR) is 119 cm³/mol. The molecule has 1 N–H and O–H groups in total. The molecule has 1 amide bonds. The number of piperazine rings is 1. The summed E-state index contributed by atoms with van der Waals surface area (Å²) in [5.41, 5.74) is 4.03. The van der Waals surface area contributed by atoms with Crippen molar-refractivity contribution in [1.82, 2.24) is 19.8 Å². The zero-order valence-corrected chi connectivity index (χ0v) is 18.2. The number of hydrogen-bond acceptors (Lipinski definition) is 4. The largest absolute Gasteiger partial charge is 0.497 e. The number of carbonyl (C=O) groups excluding carboxylic acids is 1. The van der Waals surface area contributed by atoms with Crippen LogP contribution in [0.4, 0.5) is 0 Å². The van der Waals surface area contributed by atoms with Gasteiger partial charge in [0.2, 0.25) is 0 Å². The van der Waals surface area contributed by atoms with Crippen LogP contribution in [-0.2, 0) is 12.0 Å². The molecule has 2 heterocycles. The van der Waals surface area contributed by atoms with Gasteiger partial charge in [-0.2, -0.15) is 0 Å². The van der Waals surface area contributed by atoms with Gasteiger partial charge >= 0.3 is 0 Å². The van der Waals surface area contributed by atoms with E-state index in [4.69, 9.17) is 4.74 Å². The summed E-state index contributed by atoms with van der Waals surface area (Å²) < 4.78 is 5.28. The molecule has 30 heavy (non-hydrogen) atoms. The number of fused-ring (bicyclic) bond motifs is 1. The second-order valence-electron chi connectivity index (χ2n) is 8.96. The fourth-order valence-electron chi connectivity index (χ4n) is 3.86. The lowest BCUT2D eigenvalue weighted by Gasteiger charge is -2.34. The fraction of sp³-hybridized carbons (Fsp3) is 0.417. The number of ether oxygens (including phenoxy) is 1. The number of methoxy groups -OCH3 is 1. The number of hydrogen-bond donors (Lipinski definition) is 1. The zero-order chi connectivity index (χ0) is 21.3. The maximum absolute atomic E-state index is 12.9. The molecule has 1 aliphatic heterocycles. The normalized spacial score (nSPS) is 15.5. The maximum atomic E-state index is 12.9. The second-order valence-corrected chi connectivity index (χ2v) is 8.96. The molecule has 6 nitrogen and oxygen atoms in total. The van der Waals surface area contributed by atoms with Gasteiger partial charge in [0.05, 0.1) is 24.7 Å². The monoisotopic (exact) mass is 406 g/mol. The van der Waals surface area contributed by atoms with Crippen molar-refractivity contribution in [2.75, 3.05) is 33.3 Å². The molecular formula is C24H30N4O2. The van der Waals surface area contributed by atoms with Crippen LogP contribution >= 0.6 is 0 Å². The molecule has 1 fully saturated rings. The number of aromatic nitrogens is 2. The molecule has 0 saturated carbocycles. The lowest BCUT2D eigenvalue weighted by atomic mass is 9.86. The van der Waals surface area contributed by atoms with E-state index < -0.39 is 0 Å². The molecule has 0 aliphatic carbocycles. The van der Waals surface area contributed by atoms with Crippen molar-refractivity contribution in [3.05, 3.63) is 59.4 Å². The average Bonchev–Trinajstić information content (AvgIpc) is 3.14. The molecule has 3 aromatic rings. The van der Waals surface area contributed by atoms with Gasteiger partial charge in [-0.3, -0.25) is 9.69 Å². The van der Waals surface area contributed by atoms with Gasteiger partial charge in [0.15, 0.2) is 0 Å². The molecule has 0 bridgehead atoms. The van der Waals surface area contributed by atoms with Crippen LogP contribution in [0.3, 0.4) is 0 Å². The highest BCUT2D eigenvalue weighted by Crippen LogP contribution is 2.23. The van der Waals surface area contributed by atoms with Crippen LogP contribution in [-0.4, -0.2) is 59.0 Å². The summed E-state index contributed by atoms with van der Waals surface area (Å²) in [6.07, 6.45) is 0. The first-order valence-electron chi connectivity index (χ1n) is 10.5. The highest BCUT2D eigenvalue weighted by Gasteiger charge is 2.23. The van der Waals surface area contributed by atoms with Gasteiger partial charge in [0.25, 0.3) is 5.91 Å². The first-order chi connectivity index (χ1) is 14.3. The summed E-state index contributed by atoms with van der Waals surface area (Å²) in [6, 6.07) is 13.9. The van der Waals surface area contributed by atoms with Crippen molar-refractivity contribution in [2.45, 2.75) is 32.7 Å². The minimum Gasteiger partial charge on any atom is -0.497 e. The van der Waals surface area contributed by atoms with Crippen LogP contribution in [0.1, 0.15) is 42.5 Å². The molecule has 1 saturated heterocycles. The van der Waals surface area contributed by atoms with Crippen molar-refractivity contribution in [3.63, 3.8) is 0 Å². The van der Waals surface area contributed by atoms with Gasteiger partial charge in [-0.25, -0.2) is 4.98 Å². The Bertz CT molecular complexity index is 1030. The summed E-state index contributed by atoms with van der Waals surface area (Å²) in [5, 5.41) is 0. The van der Waals surface area contributed by atoms with Crippen LogP contribution in [0.2, 0.25) is 0 Å². The van der Waals surface area contributed by atoms with Gasteiger partial charge in [-0.15, -0.1) is 0 Å². The van der Waals surface area contributed by atoms with Crippen LogP contribution in [0.5, 0.6) is 5.75 Å². The first-order valence-corrected chi connectivity index (χ1v) is 10.5. The van der Waals surface area contributed by atoms with E-state index in [1.807, 2.05) is 35.2 Å². The van der Waals surface area contributed by atoms with Crippen molar-refractivity contribution < 1.29 is 9.53 Å². The number of carbonyl (C=O) groups is 1. The summed E-state index contributed by atoms with van der Waals surface area (Å²) >= 11 is 0. The standard InChI is InChI=1S/C24H30N4O2/c1-24(2,3)18-7-5-17(6-8-18)23(29)28-13-11-27(12-14-28)16-22-25-20-10-9-19(30-4)15-21(20)26-22/h5-10,15H,11-14,16H2,1-4H3,(H,25,26). The lowest BCUT2D eigenvalue weighted by molar-refractivity contribution is 0.0626. The van der Waals surface area contributed by atoms with E-state index in [0.717, 1.165) is 60.9 Å². The molecule has 1 aliphatic rings. The molecule has 2 aromatic carbocycles. The molecule has 0 radical (unpaired) electrons. The number of benzene rings is 2. The van der Waals surface area contributed by atoms with Gasteiger partial charge in [-0.1, -0.05) is 32.9 Å². The second kappa shape index (κ2) is 8.11. The maximum Gasteiger partial charge on any atom is 0.253 e. The smallest absolute Gasteiger partial charge is 0.253 e. The minimum atomic E-state index is 0.0923. The molecule has 0 unspecified atom stereocenters. The van der Waals surface area contributed by atoms with Crippen molar-refractivity contribution in [1.29, 1.82) is 0 Å². The Kier molecular flexibility index (Phi) is 5.52. The lowest BCUT2D eigenvalue weighted by Crippen LogP contribution is -2.48. The number of nitrogens with one attached hydrogen (secondary N) is 1. The van der Waals surface area contributed by atoms with Gasteiger partial charge in [-0.05, 0) is 35.2 Å². The van der Waals surface area contributed by atoms with Crippen LogP contribution < -0.4 is 4.74 Å². The number of nitrogens with zero attached hydrogens (tertiary/aromatic N) is 3. The SMILES string of the molecule is COc1ccc2nc(CN3CCN(C(=O)c4ccc(C(C)(C)C)cc4)CC3)[nH]c2c1. The molecule has 158 valence electrons. The van der Waals surface area contributed by atoms with E-state index in [2.05, 4.69) is 47.8 Å². The van der Waals surface area contributed by atoms with Crippen molar-refractivity contribution >= 4 is 16.9 Å². The quantitative estimate of drug-likeness (QED) is 0.715. The van der Waals surface area contributed by atoms with Gasteiger partial charge in [0, 0.05) is 37.8 Å². The Balaban J connectivity index is 1.35. The van der Waals surface area contributed by atoms with Crippen molar-refractivity contribution in [3.8, 4) is 5.75 Å². The molecule has 4 rings (SSSR count). The van der Waals surface area contributed by atoms with Crippen molar-refractivity contribution in [2.24, 2.45) is 0 Å². The van der Waals surface area contributed by atoms with E-state index >= 15 is 0 Å². The Morgan fingerprint density at radius 2 is 1.77 bits per heavy atom. The average molecular weight is 407 g/mol. The Morgan fingerprint density at radius 1 is 1.07 bits per heavy atom. The predicted octanol–water partition coefficient (Wildman–Crippen LogP) is 3.83. The number of H-pyrrole nitrogens is 1. The molecule has 6 heteroatoms. The Morgan fingerprint density at radius 3 is 2.40 bits per heavy atom. The van der Waals surface area contributed by atoms with E-state index in [9.17, 15) is 4.79 Å². The molecular weight excluding hydrogens is 376 g/mol. The van der Waals surface area contributed by atoms with E-state index in [0.29, 0.717) is 0 Å². The highest BCUT2D eigenvalue weighted by atomic mass is 16.5. The summed E-state index contributed by atoms with van der Waals surface area (Å²) in [5.74, 6) is 1.88. The third kappa shape index (κ3) is 4.33. The summed E-state index contributed by atoms with van der Waals surface area (Å²) in [6.45, 7) is 10.4. The van der Waals surface area contributed by atoms with Crippen LogP contribution in [0, 0.1) is 0 Å². The summed E-state index contributed by atoms with van der Waals surface area (Å²) in [4.78, 5) is 25.2. The van der Waals surface area contributed by atoms with Crippen LogP contribution in [0.15, 0.2) is 42.5 Å². The Hall–Kier alpha value is -2.86. The van der Waals surface area contributed by atoms with Gasteiger partial charge in [0.1, 0.15) is 11.6 Å². The number of imidazole rings is 1. The van der Waals surface area contributed by atoms with E-state index in [1.54, 1.807) is 7.11 Å². The number of amides is 1. The number of rotatable bonds is 4. The number of aromatic amines is 1. The van der Waals surface area contributed by atoms with Crippen LogP contribution in [0.25, 0.3) is 11.0 Å². The van der Waals surface area contributed by atoms with E-state index in [-0.39, 0.29) is 11.3 Å². The molecule has 0 atom stereocenters. The minimum absolute atomic E-state index is 0.0923. The molecule has 1 aromatic heterocycles. The van der Waals surface area contributed by atoms with E-state index in [1.165, 1.54) is 5.56 Å². The third-order valence-electron chi connectivity index (χ3n) is 5.77. The fourth-order valence-corrected chi connectivity index (χ4v) is 3.86. The Labute approximate surface area is 177 Å². The highest BCUT2D eigenvalue weighted by molar-refractivity contribution is 5.94. The summed E-state index contributed by atoms with van der Waals surface area (Å²) in [7, 11) is 1.66.